The predicted octanol–water partition coefficient (Wildman–Crippen LogP) is 4.17. The van der Waals surface area contributed by atoms with E-state index in [9.17, 15) is 22.0 Å². The van der Waals surface area contributed by atoms with Crippen LogP contribution in [0.4, 0.5) is 8.78 Å². The van der Waals surface area contributed by atoms with Gasteiger partial charge in [0, 0.05) is 62.9 Å². The zero-order valence-corrected chi connectivity index (χ0v) is 23.0. The van der Waals surface area contributed by atoms with Crippen LogP contribution in [0.15, 0.2) is 27.6 Å². The highest BCUT2D eigenvalue weighted by Crippen LogP contribution is 2.30. The zero-order valence-electron chi connectivity index (χ0n) is 22.2. The van der Waals surface area contributed by atoms with Gasteiger partial charge in [-0.25, -0.2) is 17.2 Å². The maximum atomic E-state index is 14.0. The summed E-state index contributed by atoms with van der Waals surface area (Å²) in [6.07, 6.45) is 5.82. The number of carbonyl (C=O) groups excluding carboxylic acids is 1. The van der Waals surface area contributed by atoms with E-state index in [1.54, 1.807) is 0 Å². The van der Waals surface area contributed by atoms with E-state index in [1.807, 2.05) is 4.90 Å². The second-order valence-corrected chi connectivity index (χ2v) is 12.0. The molecule has 2 fully saturated rings. The smallest absolute Gasteiger partial charge is 0.248 e. The Balaban J connectivity index is 1.39. The van der Waals surface area contributed by atoms with Gasteiger partial charge in [0.15, 0.2) is 10.7 Å². The molecule has 208 valence electrons. The lowest BCUT2D eigenvalue weighted by atomic mass is 9.96. The molecule has 0 N–H and O–H groups in total. The highest BCUT2D eigenvalue weighted by atomic mass is 32.2. The summed E-state index contributed by atoms with van der Waals surface area (Å²) in [6.45, 7) is 9.51. The second kappa shape index (κ2) is 12.0. The quantitative estimate of drug-likeness (QED) is 0.491. The van der Waals surface area contributed by atoms with E-state index in [0.29, 0.717) is 32.0 Å². The molecule has 2 aliphatic heterocycles. The Bertz CT molecular complexity index is 1260. The first-order valence-electron chi connectivity index (χ1n) is 13.2. The Morgan fingerprint density at radius 3 is 2.45 bits per heavy atom. The van der Waals surface area contributed by atoms with Crippen LogP contribution in [0.3, 0.4) is 0 Å². The van der Waals surface area contributed by atoms with Crippen molar-refractivity contribution in [2.45, 2.75) is 57.4 Å². The molecule has 4 rings (SSSR count). The Kier molecular flexibility index (Phi) is 9.00. The van der Waals surface area contributed by atoms with Gasteiger partial charge in [-0.15, -0.1) is 0 Å². The van der Waals surface area contributed by atoms with Crippen LogP contribution in [0.5, 0.6) is 0 Å². The first-order valence-corrected chi connectivity index (χ1v) is 14.7. The van der Waals surface area contributed by atoms with E-state index in [4.69, 9.17) is 4.52 Å². The molecule has 2 saturated heterocycles. The number of benzene rings is 1. The molecule has 0 aliphatic carbocycles. The van der Waals surface area contributed by atoms with Gasteiger partial charge < -0.3 is 9.42 Å². The summed E-state index contributed by atoms with van der Waals surface area (Å²) in [5.41, 5.74) is 0.279. The molecule has 11 heteroatoms. The molecule has 3 heterocycles. The number of halogens is 2. The number of sulfonamides is 1. The SMILES string of the molecule is CCCC(C)N1CCN(C(=O)C2CCN(S(=O)(=O)c3c(C)noc3C=Cc3ccc(F)cc3F)CC2)CC1. The van der Waals surface area contributed by atoms with Gasteiger partial charge in [-0.1, -0.05) is 18.5 Å². The van der Waals surface area contributed by atoms with Crippen LogP contribution in [0, 0.1) is 24.5 Å². The number of amides is 1. The number of aryl methyl sites for hydroxylation is 1. The topological polar surface area (TPSA) is 87.0 Å². The summed E-state index contributed by atoms with van der Waals surface area (Å²) in [5.74, 6) is -1.60. The normalized spacial score (nSPS) is 19.3. The molecule has 0 radical (unpaired) electrons. The lowest BCUT2D eigenvalue weighted by Crippen LogP contribution is -2.53. The van der Waals surface area contributed by atoms with Gasteiger partial charge in [-0.05, 0) is 57.4 Å². The van der Waals surface area contributed by atoms with Crippen LogP contribution >= 0.6 is 0 Å². The van der Waals surface area contributed by atoms with Crippen LogP contribution in [0.2, 0.25) is 0 Å². The van der Waals surface area contributed by atoms with E-state index < -0.39 is 21.7 Å². The Hall–Kier alpha value is -2.63. The lowest BCUT2D eigenvalue weighted by Gasteiger charge is -2.40. The minimum absolute atomic E-state index is 0.0282. The Labute approximate surface area is 223 Å². The van der Waals surface area contributed by atoms with Crippen molar-refractivity contribution in [3.8, 4) is 0 Å². The van der Waals surface area contributed by atoms with E-state index in [2.05, 4.69) is 23.9 Å². The molecule has 1 aromatic carbocycles. The van der Waals surface area contributed by atoms with Crippen molar-refractivity contribution < 1.29 is 26.5 Å². The third-order valence-corrected chi connectivity index (χ3v) is 9.62. The van der Waals surface area contributed by atoms with Crippen molar-refractivity contribution in [3.05, 3.63) is 46.9 Å². The summed E-state index contributed by atoms with van der Waals surface area (Å²) in [7, 11) is -3.96. The highest BCUT2D eigenvalue weighted by molar-refractivity contribution is 7.89. The molecule has 2 aliphatic rings. The van der Waals surface area contributed by atoms with Crippen molar-refractivity contribution in [1.82, 2.24) is 19.3 Å². The standard InChI is InChI=1S/C27H36F2N4O4S/c1-4-5-19(2)31-14-16-32(17-15-31)27(34)22-10-12-33(13-11-22)38(35,36)26-20(3)30-37-25(26)9-7-21-6-8-23(28)18-24(21)29/h6-9,18-19,22H,4-5,10-17H2,1-3H3. The van der Waals surface area contributed by atoms with E-state index in [-0.39, 0.29) is 46.8 Å². The molecule has 0 saturated carbocycles. The summed E-state index contributed by atoms with van der Waals surface area (Å²) in [5, 5.41) is 3.81. The minimum atomic E-state index is -3.96. The Morgan fingerprint density at radius 2 is 1.82 bits per heavy atom. The molecule has 1 atom stereocenters. The number of piperidine rings is 1. The minimum Gasteiger partial charge on any atom is -0.355 e. The predicted molar refractivity (Wildman–Crippen MR) is 141 cm³/mol. The molecule has 0 bridgehead atoms. The van der Waals surface area contributed by atoms with E-state index in [0.717, 1.165) is 38.1 Å². The van der Waals surface area contributed by atoms with Gasteiger partial charge in [-0.2, -0.15) is 4.31 Å². The largest absolute Gasteiger partial charge is 0.355 e. The van der Waals surface area contributed by atoms with Gasteiger partial charge >= 0.3 is 0 Å². The molecule has 2 aromatic rings. The fraction of sp³-hybridized carbons (Fsp3) is 0.556. The van der Waals surface area contributed by atoms with Gasteiger partial charge in [-0.3, -0.25) is 9.69 Å². The van der Waals surface area contributed by atoms with Crippen LogP contribution in [0.25, 0.3) is 12.2 Å². The van der Waals surface area contributed by atoms with Gasteiger partial charge in [0.05, 0.1) is 0 Å². The average Bonchev–Trinajstić information content (AvgIpc) is 3.29. The molecule has 1 amide bonds. The van der Waals surface area contributed by atoms with Gasteiger partial charge in [0.25, 0.3) is 0 Å². The summed E-state index contributed by atoms with van der Waals surface area (Å²) >= 11 is 0. The molecule has 1 unspecified atom stereocenters. The number of hydrogen-bond acceptors (Lipinski definition) is 6. The van der Waals surface area contributed by atoms with Crippen molar-refractivity contribution in [2.24, 2.45) is 5.92 Å². The van der Waals surface area contributed by atoms with Crippen LogP contribution < -0.4 is 0 Å². The maximum Gasteiger partial charge on any atom is 0.248 e. The van der Waals surface area contributed by atoms with Gasteiger partial charge in [0.2, 0.25) is 15.9 Å². The number of hydrogen-bond donors (Lipinski definition) is 0. The molecule has 0 spiro atoms. The molecule has 1 aromatic heterocycles. The summed E-state index contributed by atoms with van der Waals surface area (Å²) in [4.78, 5) is 17.4. The fourth-order valence-electron chi connectivity index (χ4n) is 5.31. The van der Waals surface area contributed by atoms with Crippen molar-refractivity contribution in [2.75, 3.05) is 39.3 Å². The third kappa shape index (κ3) is 6.16. The molecular weight excluding hydrogens is 514 g/mol. The number of piperazine rings is 1. The monoisotopic (exact) mass is 550 g/mol. The van der Waals surface area contributed by atoms with E-state index >= 15 is 0 Å². The van der Waals surface area contributed by atoms with Crippen molar-refractivity contribution in [1.29, 1.82) is 0 Å². The number of carbonyl (C=O) groups is 1. The zero-order chi connectivity index (χ0) is 27.4. The second-order valence-electron chi connectivity index (χ2n) is 10.1. The van der Waals surface area contributed by atoms with Crippen molar-refractivity contribution >= 4 is 28.1 Å². The first kappa shape index (κ1) is 28.4. The van der Waals surface area contributed by atoms with Gasteiger partial charge in [0.1, 0.15) is 17.3 Å². The lowest BCUT2D eigenvalue weighted by molar-refractivity contribution is -0.138. The average molecular weight is 551 g/mol. The molecule has 8 nitrogen and oxygen atoms in total. The fourth-order valence-corrected chi connectivity index (χ4v) is 7.03. The summed E-state index contributed by atoms with van der Waals surface area (Å²) < 4.78 is 60.8. The Morgan fingerprint density at radius 1 is 1.13 bits per heavy atom. The van der Waals surface area contributed by atoms with E-state index in [1.165, 1.54) is 29.4 Å². The number of nitrogens with zero attached hydrogens (tertiary/aromatic N) is 4. The number of rotatable bonds is 8. The molecular formula is C27H36F2N4O4S. The van der Waals surface area contributed by atoms with Crippen LogP contribution in [-0.2, 0) is 14.8 Å². The third-order valence-electron chi connectivity index (χ3n) is 7.57. The maximum absolute atomic E-state index is 14.0. The van der Waals surface area contributed by atoms with Crippen LogP contribution in [0.1, 0.15) is 56.5 Å². The first-order chi connectivity index (χ1) is 18.1. The highest BCUT2D eigenvalue weighted by Gasteiger charge is 2.37. The molecule has 38 heavy (non-hydrogen) atoms. The summed E-state index contributed by atoms with van der Waals surface area (Å²) in [6, 6.07) is 3.64. The van der Waals surface area contributed by atoms with Crippen molar-refractivity contribution in [3.63, 3.8) is 0 Å². The van der Waals surface area contributed by atoms with Crippen LogP contribution in [-0.4, -0.2) is 78.9 Å². The number of aromatic nitrogens is 1.